The van der Waals surface area contributed by atoms with Crippen LogP contribution in [-0.4, -0.2) is 32.7 Å². The molecule has 1 aromatic rings. The Kier molecular flexibility index (Phi) is 5.31. The maximum atomic E-state index is 12.4. The molecule has 1 saturated heterocycles. The van der Waals surface area contributed by atoms with Crippen LogP contribution in [0.2, 0.25) is 5.02 Å². The van der Waals surface area contributed by atoms with E-state index in [4.69, 9.17) is 21.1 Å². The number of hydrogen-bond donors (Lipinski definition) is 2. The summed E-state index contributed by atoms with van der Waals surface area (Å²) in [5, 5.41) is 6.54. The molecule has 5 nitrogen and oxygen atoms in total. The van der Waals surface area contributed by atoms with Crippen molar-refractivity contribution in [3.05, 3.63) is 17.2 Å². The van der Waals surface area contributed by atoms with E-state index < -0.39 is 0 Å². The van der Waals surface area contributed by atoms with Crippen LogP contribution in [0, 0.1) is 5.92 Å². The van der Waals surface area contributed by atoms with Gasteiger partial charge in [0.25, 0.3) is 0 Å². The van der Waals surface area contributed by atoms with Crippen molar-refractivity contribution in [2.24, 2.45) is 5.92 Å². The van der Waals surface area contributed by atoms with E-state index >= 15 is 0 Å². The van der Waals surface area contributed by atoms with Crippen molar-refractivity contribution in [2.75, 3.05) is 26.1 Å². The third-order valence-corrected chi connectivity index (χ3v) is 4.10. The lowest BCUT2D eigenvalue weighted by atomic mass is 9.92. The van der Waals surface area contributed by atoms with Gasteiger partial charge in [0.05, 0.1) is 31.0 Å². The summed E-state index contributed by atoms with van der Waals surface area (Å²) in [5.41, 5.74) is 0.527. The molecule has 0 spiro atoms. The van der Waals surface area contributed by atoms with Gasteiger partial charge in [-0.25, -0.2) is 0 Å². The summed E-state index contributed by atoms with van der Waals surface area (Å²) in [6, 6.07) is 3.11. The van der Waals surface area contributed by atoms with E-state index in [2.05, 4.69) is 17.6 Å². The van der Waals surface area contributed by atoms with Gasteiger partial charge in [-0.1, -0.05) is 18.5 Å². The number of benzene rings is 1. The number of anilines is 1. The van der Waals surface area contributed by atoms with Crippen LogP contribution >= 0.6 is 11.6 Å². The minimum atomic E-state index is -0.192. The number of carbonyl (C=O) groups is 1. The first-order valence-corrected chi connectivity index (χ1v) is 7.40. The van der Waals surface area contributed by atoms with E-state index in [1.807, 2.05) is 0 Å². The van der Waals surface area contributed by atoms with Gasteiger partial charge >= 0.3 is 0 Å². The van der Waals surface area contributed by atoms with Gasteiger partial charge in [-0.05, 0) is 25.3 Å². The van der Waals surface area contributed by atoms with Crippen LogP contribution in [0.1, 0.15) is 19.8 Å². The average molecular weight is 313 g/mol. The molecule has 1 aromatic carbocycles. The van der Waals surface area contributed by atoms with Gasteiger partial charge in [0.2, 0.25) is 5.91 Å². The van der Waals surface area contributed by atoms with E-state index in [1.54, 1.807) is 26.4 Å². The summed E-state index contributed by atoms with van der Waals surface area (Å²) in [4.78, 5) is 12.4. The molecule has 0 aliphatic carbocycles. The molecule has 116 valence electrons. The van der Waals surface area contributed by atoms with Crippen molar-refractivity contribution in [2.45, 2.75) is 25.8 Å². The van der Waals surface area contributed by atoms with Crippen molar-refractivity contribution in [1.29, 1.82) is 0 Å². The monoisotopic (exact) mass is 312 g/mol. The van der Waals surface area contributed by atoms with Gasteiger partial charge in [0.1, 0.15) is 0 Å². The zero-order valence-electron chi connectivity index (χ0n) is 12.5. The number of piperidine rings is 1. The summed E-state index contributed by atoms with van der Waals surface area (Å²) >= 11 is 6.19. The zero-order valence-corrected chi connectivity index (χ0v) is 13.3. The molecule has 2 N–H and O–H groups in total. The molecular formula is C15H21ClN2O3. The van der Waals surface area contributed by atoms with Gasteiger partial charge in [-0.3, -0.25) is 4.79 Å². The van der Waals surface area contributed by atoms with Crippen LogP contribution in [0.25, 0.3) is 0 Å². The Balaban J connectivity index is 2.16. The highest BCUT2D eigenvalue weighted by Crippen LogP contribution is 2.36. The Morgan fingerprint density at radius 3 is 2.62 bits per heavy atom. The van der Waals surface area contributed by atoms with Crippen LogP contribution in [-0.2, 0) is 4.79 Å². The van der Waals surface area contributed by atoms with Crippen LogP contribution in [0.5, 0.6) is 11.5 Å². The molecule has 0 bridgehead atoms. The Bertz CT molecular complexity index is 522. The lowest BCUT2D eigenvalue weighted by Gasteiger charge is -2.29. The molecule has 21 heavy (non-hydrogen) atoms. The second kappa shape index (κ2) is 7.00. The van der Waals surface area contributed by atoms with E-state index in [-0.39, 0.29) is 11.9 Å². The highest BCUT2D eigenvalue weighted by atomic mass is 35.5. The first kappa shape index (κ1) is 15.9. The van der Waals surface area contributed by atoms with E-state index in [1.165, 1.54) is 0 Å². The van der Waals surface area contributed by atoms with Gasteiger partial charge < -0.3 is 20.1 Å². The minimum Gasteiger partial charge on any atom is -0.493 e. The molecule has 2 atom stereocenters. The van der Waals surface area contributed by atoms with Gasteiger partial charge in [0, 0.05) is 12.1 Å². The third kappa shape index (κ3) is 3.60. The number of halogens is 1. The van der Waals surface area contributed by atoms with Crippen LogP contribution in [0.3, 0.4) is 0 Å². The Morgan fingerprint density at radius 1 is 1.33 bits per heavy atom. The molecule has 1 aliphatic heterocycles. The van der Waals surface area contributed by atoms with Gasteiger partial charge in [-0.2, -0.15) is 0 Å². The Hall–Kier alpha value is -1.46. The number of hydrogen-bond acceptors (Lipinski definition) is 4. The quantitative estimate of drug-likeness (QED) is 0.897. The Labute approximate surface area is 130 Å². The summed E-state index contributed by atoms with van der Waals surface area (Å²) < 4.78 is 10.4. The smallest absolute Gasteiger partial charge is 0.241 e. The zero-order chi connectivity index (χ0) is 15.4. The summed E-state index contributed by atoms with van der Waals surface area (Å²) in [6.45, 7) is 2.94. The van der Waals surface area contributed by atoms with E-state index in [0.717, 1.165) is 19.4 Å². The van der Waals surface area contributed by atoms with Gasteiger partial charge in [0.15, 0.2) is 11.5 Å². The fraction of sp³-hybridized carbons (Fsp3) is 0.533. The number of methoxy groups -OCH3 is 2. The fourth-order valence-electron chi connectivity index (χ4n) is 2.56. The van der Waals surface area contributed by atoms with Crippen molar-refractivity contribution in [3.63, 3.8) is 0 Å². The largest absolute Gasteiger partial charge is 0.493 e. The molecule has 1 amide bonds. The standard InChI is InChI=1S/C15H21ClN2O3/c1-9-5-4-6-17-14(9)15(19)18-11-8-13(21-3)12(20-2)7-10(11)16/h7-9,14,17H,4-6H2,1-3H3,(H,18,19). The maximum Gasteiger partial charge on any atom is 0.241 e. The lowest BCUT2D eigenvalue weighted by Crippen LogP contribution is -2.48. The molecule has 0 aromatic heterocycles. The molecule has 0 saturated carbocycles. The first-order chi connectivity index (χ1) is 10.1. The van der Waals surface area contributed by atoms with Gasteiger partial charge in [-0.15, -0.1) is 0 Å². The van der Waals surface area contributed by atoms with E-state index in [9.17, 15) is 4.79 Å². The third-order valence-electron chi connectivity index (χ3n) is 3.78. The summed E-state index contributed by atoms with van der Waals surface area (Å²) in [5.74, 6) is 1.29. The molecule has 2 rings (SSSR count). The number of nitrogens with one attached hydrogen (secondary N) is 2. The van der Waals surface area contributed by atoms with Crippen molar-refractivity contribution in [3.8, 4) is 11.5 Å². The Morgan fingerprint density at radius 2 is 2.00 bits per heavy atom. The molecule has 0 radical (unpaired) electrons. The number of carbonyl (C=O) groups excluding carboxylic acids is 1. The van der Waals surface area contributed by atoms with E-state index in [0.29, 0.717) is 28.1 Å². The molecule has 6 heteroatoms. The average Bonchev–Trinajstić information content (AvgIpc) is 2.49. The second-order valence-corrected chi connectivity index (χ2v) is 5.63. The number of rotatable bonds is 4. The highest BCUT2D eigenvalue weighted by molar-refractivity contribution is 6.34. The SMILES string of the molecule is COc1cc(Cl)c(NC(=O)C2NCCCC2C)cc1OC. The first-order valence-electron chi connectivity index (χ1n) is 7.02. The normalized spacial score (nSPS) is 21.7. The second-order valence-electron chi connectivity index (χ2n) is 5.23. The van der Waals surface area contributed by atoms with Crippen LogP contribution in [0.4, 0.5) is 5.69 Å². The van der Waals surface area contributed by atoms with Crippen molar-refractivity contribution >= 4 is 23.2 Å². The lowest BCUT2D eigenvalue weighted by molar-refractivity contribution is -0.119. The van der Waals surface area contributed by atoms with Crippen LogP contribution < -0.4 is 20.1 Å². The predicted octanol–water partition coefficient (Wildman–Crippen LogP) is 2.68. The number of ether oxygens (including phenoxy) is 2. The summed E-state index contributed by atoms with van der Waals surface area (Å²) in [7, 11) is 3.09. The van der Waals surface area contributed by atoms with Crippen LogP contribution in [0.15, 0.2) is 12.1 Å². The molecular weight excluding hydrogens is 292 g/mol. The molecule has 1 fully saturated rings. The summed E-state index contributed by atoms with van der Waals surface area (Å²) in [6.07, 6.45) is 2.15. The highest BCUT2D eigenvalue weighted by Gasteiger charge is 2.28. The predicted molar refractivity (Wildman–Crippen MR) is 83.4 cm³/mol. The molecule has 1 heterocycles. The topological polar surface area (TPSA) is 59.6 Å². The molecule has 2 unspecified atom stereocenters. The maximum absolute atomic E-state index is 12.4. The van der Waals surface area contributed by atoms with Crippen molar-refractivity contribution < 1.29 is 14.3 Å². The number of amides is 1. The van der Waals surface area contributed by atoms with Crippen molar-refractivity contribution in [1.82, 2.24) is 5.32 Å². The molecule has 1 aliphatic rings. The fourth-order valence-corrected chi connectivity index (χ4v) is 2.76. The minimum absolute atomic E-state index is 0.0729.